The number of nitrogens with zero attached hydrogens (tertiary/aromatic N) is 1. The number of rotatable bonds is 6. The molecule has 0 amide bonds. The summed E-state index contributed by atoms with van der Waals surface area (Å²) in [6, 6.07) is 0.266. The summed E-state index contributed by atoms with van der Waals surface area (Å²) in [6.07, 6.45) is 3.53. The van der Waals surface area contributed by atoms with Crippen LogP contribution in [0.1, 0.15) is 49.7 Å². The average Bonchev–Trinajstić information content (AvgIpc) is 2.67. The molecule has 15 heavy (non-hydrogen) atoms. The Hall–Kier alpha value is -0.450. The fraction of sp³-hybridized carbons (Fsp3) is 0.727. The molecular formula is C11H21N3S. The van der Waals surface area contributed by atoms with E-state index in [9.17, 15) is 0 Å². The monoisotopic (exact) mass is 227 g/mol. The second-order valence-corrected chi connectivity index (χ2v) is 4.83. The molecule has 3 N–H and O–H groups in total. The van der Waals surface area contributed by atoms with Crippen LogP contribution in [-0.2, 0) is 0 Å². The molecule has 0 aliphatic heterocycles. The molecule has 0 saturated heterocycles. The second-order valence-electron chi connectivity index (χ2n) is 3.94. The Balaban J connectivity index is 2.68. The third kappa shape index (κ3) is 3.26. The zero-order valence-corrected chi connectivity index (χ0v) is 10.6. The van der Waals surface area contributed by atoms with Crippen LogP contribution in [0.4, 0.5) is 0 Å². The molecular weight excluding hydrogens is 206 g/mol. The lowest BCUT2D eigenvalue weighted by Crippen LogP contribution is -2.29. The summed E-state index contributed by atoms with van der Waals surface area (Å²) >= 11 is 1.69. The molecule has 0 aliphatic rings. The zero-order valence-electron chi connectivity index (χ0n) is 9.79. The van der Waals surface area contributed by atoms with Gasteiger partial charge in [-0.1, -0.05) is 26.7 Å². The van der Waals surface area contributed by atoms with Crippen molar-refractivity contribution in [2.75, 3.05) is 0 Å². The summed E-state index contributed by atoms with van der Waals surface area (Å²) < 4.78 is 0. The highest BCUT2D eigenvalue weighted by Crippen LogP contribution is 2.28. The van der Waals surface area contributed by atoms with Crippen LogP contribution in [0.25, 0.3) is 0 Å². The van der Waals surface area contributed by atoms with Crippen molar-refractivity contribution in [1.82, 2.24) is 10.4 Å². The van der Waals surface area contributed by atoms with Gasteiger partial charge in [0.2, 0.25) is 0 Å². The van der Waals surface area contributed by atoms with Gasteiger partial charge in [-0.25, -0.2) is 4.98 Å². The number of hydrazine groups is 1. The normalized spacial score (nSPS) is 13.4. The molecule has 0 saturated carbocycles. The summed E-state index contributed by atoms with van der Waals surface area (Å²) in [4.78, 5) is 5.55. The van der Waals surface area contributed by atoms with E-state index in [-0.39, 0.29) is 6.04 Å². The standard InChI is InChI=1S/C11H21N3S/c1-4-9(5-2)6-10(14-12)11-8(3)13-7-15-11/h7,9-10,14H,4-6,12H2,1-3H3. The van der Waals surface area contributed by atoms with Gasteiger partial charge >= 0.3 is 0 Å². The van der Waals surface area contributed by atoms with E-state index in [1.165, 1.54) is 17.7 Å². The van der Waals surface area contributed by atoms with Crippen molar-refractivity contribution < 1.29 is 0 Å². The lowest BCUT2D eigenvalue weighted by Gasteiger charge is -2.20. The SMILES string of the molecule is CCC(CC)CC(NN)c1scnc1C. The van der Waals surface area contributed by atoms with E-state index in [1.807, 2.05) is 12.4 Å². The molecule has 1 heterocycles. The smallest absolute Gasteiger partial charge is 0.0798 e. The fourth-order valence-electron chi connectivity index (χ4n) is 1.85. The molecule has 0 fully saturated rings. The maximum Gasteiger partial charge on any atom is 0.0798 e. The molecule has 3 nitrogen and oxygen atoms in total. The van der Waals surface area contributed by atoms with Crippen LogP contribution in [0, 0.1) is 12.8 Å². The van der Waals surface area contributed by atoms with Gasteiger partial charge in [-0.2, -0.15) is 0 Å². The van der Waals surface area contributed by atoms with Crippen LogP contribution in [0.3, 0.4) is 0 Å². The first-order valence-corrected chi connectivity index (χ1v) is 6.46. The Kier molecular flexibility index (Phi) is 5.22. The van der Waals surface area contributed by atoms with E-state index < -0.39 is 0 Å². The minimum atomic E-state index is 0.266. The molecule has 0 spiro atoms. The number of hydrogen-bond donors (Lipinski definition) is 2. The average molecular weight is 227 g/mol. The predicted octanol–water partition coefficient (Wildman–Crippen LogP) is 2.78. The van der Waals surface area contributed by atoms with Crippen LogP contribution < -0.4 is 11.3 Å². The van der Waals surface area contributed by atoms with Gasteiger partial charge < -0.3 is 0 Å². The Morgan fingerprint density at radius 2 is 2.13 bits per heavy atom. The largest absolute Gasteiger partial charge is 0.271 e. The second kappa shape index (κ2) is 6.20. The summed E-state index contributed by atoms with van der Waals surface area (Å²) in [5.74, 6) is 6.36. The van der Waals surface area contributed by atoms with Gasteiger partial charge in [-0.3, -0.25) is 11.3 Å². The summed E-state index contributed by atoms with van der Waals surface area (Å²) in [6.45, 7) is 6.52. The topological polar surface area (TPSA) is 50.9 Å². The summed E-state index contributed by atoms with van der Waals surface area (Å²) in [5.41, 5.74) is 5.91. The van der Waals surface area contributed by atoms with E-state index in [2.05, 4.69) is 24.3 Å². The maximum absolute atomic E-state index is 5.62. The number of nitrogens with one attached hydrogen (secondary N) is 1. The van der Waals surface area contributed by atoms with Crippen molar-refractivity contribution in [2.45, 2.75) is 46.1 Å². The summed E-state index contributed by atoms with van der Waals surface area (Å²) in [7, 11) is 0. The Morgan fingerprint density at radius 3 is 2.53 bits per heavy atom. The highest BCUT2D eigenvalue weighted by Gasteiger charge is 2.18. The third-order valence-electron chi connectivity index (χ3n) is 3.02. The predicted molar refractivity (Wildman–Crippen MR) is 65.6 cm³/mol. The molecule has 1 rings (SSSR count). The minimum Gasteiger partial charge on any atom is -0.271 e. The van der Waals surface area contributed by atoms with Gasteiger partial charge in [0, 0.05) is 4.88 Å². The first-order chi connectivity index (χ1) is 7.22. The summed E-state index contributed by atoms with van der Waals surface area (Å²) in [5, 5.41) is 0. The molecule has 0 aliphatic carbocycles. The lowest BCUT2D eigenvalue weighted by molar-refractivity contribution is 0.377. The van der Waals surface area contributed by atoms with E-state index in [4.69, 9.17) is 5.84 Å². The van der Waals surface area contributed by atoms with Crippen molar-refractivity contribution >= 4 is 11.3 Å². The maximum atomic E-state index is 5.62. The quantitative estimate of drug-likeness (QED) is 0.580. The molecule has 0 aromatic carbocycles. The van der Waals surface area contributed by atoms with Crippen molar-refractivity contribution in [3.63, 3.8) is 0 Å². The molecule has 1 aromatic rings. The van der Waals surface area contributed by atoms with Gasteiger partial charge in [0.1, 0.15) is 0 Å². The highest BCUT2D eigenvalue weighted by molar-refractivity contribution is 7.09. The number of hydrogen-bond acceptors (Lipinski definition) is 4. The first-order valence-electron chi connectivity index (χ1n) is 5.58. The van der Waals surface area contributed by atoms with Crippen LogP contribution in [0.5, 0.6) is 0 Å². The van der Waals surface area contributed by atoms with Gasteiger partial charge in [0.15, 0.2) is 0 Å². The zero-order chi connectivity index (χ0) is 11.3. The van der Waals surface area contributed by atoms with Crippen molar-refractivity contribution in [1.29, 1.82) is 0 Å². The van der Waals surface area contributed by atoms with Gasteiger partial charge in [-0.05, 0) is 19.3 Å². The van der Waals surface area contributed by atoms with E-state index in [1.54, 1.807) is 11.3 Å². The van der Waals surface area contributed by atoms with Crippen molar-refractivity contribution in [3.8, 4) is 0 Å². The van der Waals surface area contributed by atoms with Crippen molar-refractivity contribution in [2.24, 2.45) is 11.8 Å². The number of thiazole rings is 1. The van der Waals surface area contributed by atoms with Crippen LogP contribution >= 0.6 is 11.3 Å². The number of aromatic nitrogens is 1. The molecule has 86 valence electrons. The molecule has 1 atom stereocenters. The van der Waals surface area contributed by atoms with E-state index >= 15 is 0 Å². The van der Waals surface area contributed by atoms with Gasteiger partial charge in [0.05, 0.1) is 17.2 Å². The fourth-order valence-corrected chi connectivity index (χ4v) is 2.73. The van der Waals surface area contributed by atoms with Gasteiger partial charge in [-0.15, -0.1) is 11.3 Å². The molecule has 0 radical (unpaired) electrons. The molecule has 1 unspecified atom stereocenters. The Bertz CT molecular complexity index is 281. The van der Waals surface area contributed by atoms with E-state index in [0.29, 0.717) is 0 Å². The van der Waals surface area contributed by atoms with Crippen LogP contribution in [0.15, 0.2) is 5.51 Å². The molecule has 0 bridgehead atoms. The Labute approximate surface area is 96.1 Å². The van der Waals surface area contributed by atoms with E-state index in [0.717, 1.165) is 18.0 Å². The number of nitrogens with two attached hydrogens (primary N) is 1. The van der Waals surface area contributed by atoms with Gasteiger partial charge in [0.25, 0.3) is 0 Å². The first kappa shape index (κ1) is 12.6. The third-order valence-corrected chi connectivity index (χ3v) is 4.07. The molecule has 4 heteroatoms. The lowest BCUT2D eigenvalue weighted by atomic mass is 9.94. The number of aryl methyl sites for hydroxylation is 1. The minimum absolute atomic E-state index is 0.266. The highest BCUT2D eigenvalue weighted by atomic mass is 32.1. The van der Waals surface area contributed by atoms with Crippen molar-refractivity contribution in [3.05, 3.63) is 16.1 Å². The van der Waals surface area contributed by atoms with Crippen LogP contribution in [0.2, 0.25) is 0 Å². The molecule has 1 aromatic heterocycles. The van der Waals surface area contributed by atoms with Crippen LogP contribution in [-0.4, -0.2) is 4.98 Å². The Morgan fingerprint density at radius 1 is 1.47 bits per heavy atom.